The first kappa shape index (κ1) is 9.63. The Morgan fingerprint density at radius 1 is 1.33 bits per heavy atom. The molecule has 0 bridgehead atoms. The van der Waals surface area contributed by atoms with Crippen molar-refractivity contribution < 1.29 is 9.31 Å². The second-order valence-corrected chi connectivity index (χ2v) is 4.32. The van der Waals surface area contributed by atoms with Crippen molar-refractivity contribution in [3.63, 3.8) is 0 Å². The molecule has 0 radical (unpaired) electrons. The van der Waals surface area contributed by atoms with E-state index in [0.717, 1.165) is 0 Å². The molecule has 1 aliphatic rings. The molecule has 66 valence electrons. The van der Waals surface area contributed by atoms with Gasteiger partial charge in [-0.3, -0.25) is 0 Å². The molecule has 2 nitrogen and oxygen atoms in total. The molecule has 12 heavy (non-hydrogen) atoms. The van der Waals surface area contributed by atoms with Crippen LogP contribution in [-0.4, -0.2) is 19.3 Å². The van der Waals surface area contributed by atoms with Crippen molar-refractivity contribution in [2.45, 2.75) is 33.3 Å². The van der Waals surface area contributed by atoms with Gasteiger partial charge in [-0.05, 0) is 13.8 Å². The lowest BCUT2D eigenvalue weighted by atomic mass is 9.72. The molecule has 0 spiro atoms. The average molecular weight is 166 g/mol. The van der Waals surface area contributed by atoms with Gasteiger partial charge in [0, 0.05) is 12.0 Å². The Hall–Kier alpha value is -0.455. The Balaban J connectivity index is 2.76. The van der Waals surface area contributed by atoms with Gasteiger partial charge in [-0.25, -0.2) is 0 Å². The van der Waals surface area contributed by atoms with Crippen molar-refractivity contribution in [2.24, 2.45) is 5.41 Å². The summed E-state index contributed by atoms with van der Waals surface area (Å²) in [5, 5.41) is 0. The Morgan fingerprint density at radius 3 is 2.33 bits per heavy atom. The van der Waals surface area contributed by atoms with Gasteiger partial charge in [0.25, 0.3) is 0 Å². The lowest BCUT2D eigenvalue weighted by Gasteiger charge is -2.46. The number of terminal acetylenes is 1. The van der Waals surface area contributed by atoms with E-state index < -0.39 is 7.12 Å². The second-order valence-electron chi connectivity index (χ2n) is 4.32. The number of hydrogen-bond donors (Lipinski definition) is 0. The molecule has 3 heteroatoms. The third kappa shape index (κ3) is 1.50. The van der Waals surface area contributed by atoms with Gasteiger partial charge in [0.05, 0.1) is 5.60 Å². The summed E-state index contributed by atoms with van der Waals surface area (Å²) >= 11 is 0. The minimum Gasteiger partial charge on any atom is -0.400 e. The average Bonchev–Trinajstić information content (AvgIpc) is 1.95. The lowest BCUT2D eigenvalue weighted by molar-refractivity contribution is -0.0934. The molecule has 1 saturated heterocycles. The fraction of sp³-hybridized carbons (Fsp3) is 0.778. The van der Waals surface area contributed by atoms with E-state index in [1.165, 1.54) is 0 Å². The zero-order valence-electron chi connectivity index (χ0n) is 8.18. The smallest absolute Gasteiger partial charge is 0.400 e. The van der Waals surface area contributed by atoms with Crippen LogP contribution in [0.25, 0.3) is 0 Å². The standard InChI is InChI=1S/C9H15BO2/c1-6-10-11-7-8(2,3)9(4,5)12-10/h1H,7H2,2-5H3. The highest BCUT2D eigenvalue weighted by molar-refractivity contribution is 6.54. The van der Waals surface area contributed by atoms with Crippen molar-refractivity contribution in [3.8, 4) is 12.2 Å². The topological polar surface area (TPSA) is 18.5 Å². The molecule has 0 atom stereocenters. The van der Waals surface area contributed by atoms with Crippen molar-refractivity contribution >= 4 is 7.12 Å². The van der Waals surface area contributed by atoms with E-state index in [2.05, 4.69) is 19.7 Å². The summed E-state index contributed by atoms with van der Waals surface area (Å²) in [6, 6.07) is 0. The number of rotatable bonds is 0. The highest BCUT2D eigenvalue weighted by Gasteiger charge is 2.45. The SMILES string of the molecule is C#CB1OCC(C)(C)C(C)(C)O1. The second kappa shape index (κ2) is 2.79. The lowest BCUT2D eigenvalue weighted by Crippen LogP contribution is -2.54. The van der Waals surface area contributed by atoms with E-state index >= 15 is 0 Å². The summed E-state index contributed by atoms with van der Waals surface area (Å²) < 4.78 is 10.9. The Labute approximate surface area is 74.8 Å². The first-order valence-electron chi connectivity index (χ1n) is 4.15. The van der Waals surface area contributed by atoms with Crippen LogP contribution in [0.4, 0.5) is 0 Å². The van der Waals surface area contributed by atoms with Gasteiger partial charge < -0.3 is 9.31 Å². The quantitative estimate of drug-likeness (QED) is 0.401. The van der Waals surface area contributed by atoms with Crippen LogP contribution in [0, 0.1) is 17.7 Å². The molecule has 0 N–H and O–H groups in total. The highest BCUT2D eigenvalue weighted by Crippen LogP contribution is 2.37. The van der Waals surface area contributed by atoms with Gasteiger partial charge in [0.15, 0.2) is 0 Å². The van der Waals surface area contributed by atoms with E-state index in [4.69, 9.17) is 15.7 Å². The van der Waals surface area contributed by atoms with E-state index in [9.17, 15) is 0 Å². The van der Waals surface area contributed by atoms with Crippen LogP contribution < -0.4 is 0 Å². The fourth-order valence-electron chi connectivity index (χ4n) is 1.00. The third-order valence-electron chi connectivity index (χ3n) is 2.76. The first-order chi connectivity index (χ1) is 5.39. The predicted octanol–water partition coefficient (Wildman–Crippen LogP) is 1.50. The fourth-order valence-corrected chi connectivity index (χ4v) is 1.00. The largest absolute Gasteiger partial charge is 0.550 e. The van der Waals surface area contributed by atoms with Crippen LogP contribution in [0.15, 0.2) is 0 Å². The van der Waals surface area contributed by atoms with E-state index in [-0.39, 0.29) is 11.0 Å². The molecule has 0 aliphatic carbocycles. The van der Waals surface area contributed by atoms with E-state index in [1.807, 2.05) is 13.8 Å². The minimum absolute atomic E-state index is 0.0142. The molecule has 0 aromatic heterocycles. The maximum Gasteiger partial charge on any atom is 0.550 e. The molecule has 1 aliphatic heterocycles. The molecular weight excluding hydrogens is 151 g/mol. The zero-order valence-corrected chi connectivity index (χ0v) is 8.18. The van der Waals surface area contributed by atoms with Crippen LogP contribution in [0.3, 0.4) is 0 Å². The monoisotopic (exact) mass is 166 g/mol. The molecule has 0 amide bonds. The molecule has 1 heterocycles. The first-order valence-corrected chi connectivity index (χ1v) is 4.15. The van der Waals surface area contributed by atoms with Gasteiger partial charge in [-0.15, -0.1) is 6.42 Å². The molecule has 0 aromatic carbocycles. The minimum atomic E-state index is -0.479. The summed E-state index contributed by atoms with van der Waals surface area (Å²) in [5.74, 6) is 2.45. The van der Waals surface area contributed by atoms with Gasteiger partial charge >= 0.3 is 7.12 Å². The molecule has 1 fully saturated rings. The molecule has 0 unspecified atom stereocenters. The molecule has 1 rings (SSSR count). The van der Waals surface area contributed by atoms with Crippen LogP contribution in [0.5, 0.6) is 0 Å². The molecular formula is C9H15BO2. The maximum atomic E-state index is 5.58. The van der Waals surface area contributed by atoms with Crippen molar-refractivity contribution in [3.05, 3.63) is 0 Å². The van der Waals surface area contributed by atoms with Crippen LogP contribution >= 0.6 is 0 Å². The highest BCUT2D eigenvalue weighted by atomic mass is 16.6. The van der Waals surface area contributed by atoms with E-state index in [1.54, 1.807) is 0 Å². The third-order valence-corrected chi connectivity index (χ3v) is 2.76. The molecule has 0 saturated carbocycles. The summed E-state index contributed by atoms with van der Waals surface area (Å²) in [7, 11) is -0.479. The van der Waals surface area contributed by atoms with Gasteiger partial charge in [0.1, 0.15) is 0 Å². The van der Waals surface area contributed by atoms with Gasteiger partial charge in [-0.2, -0.15) is 0 Å². The molecule has 0 aromatic rings. The van der Waals surface area contributed by atoms with Crippen LogP contribution in [0.1, 0.15) is 27.7 Å². The summed E-state index contributed by atoms with van der Waals surface area (Å²) in [5.41, 5.74) is -0.206. The Morgan fingerprint density at radius 2 is 1.92 bits per heavy atom. The van der Waals surface area contributed by atoms with E-state index in [0.29, 0.717) is 6.61 Å². The number of hydrogen-bond acceptors (Lipinski definition) is 2. The van der Waals surface area contributed by atoms with Crippen LogP contribution in [0.2, 0.25) is 0 Å². The van der Waals surface area contributed by atoms with Crippen molar-refractivity contribution in [1.82, 2.24) is 0 Å². The Bertz CT molecular complexity index is 215. The maximum absolute atomic E-state index is 5.58. The normalized spacial score (nSPS) is 26.4. The van der Waals surface area contributed by atoms with Crippen molar-refractivity contribution in [2.75, 3.05) is 6.61 Å². The van der Waals surface area contributed by atoms with Gasteiger partial charge in [0.2, 0.25) is 0 Å². The predicted molar refractivity (Wildman–Crippen MR) is 49.5 cm³/mol. The van der Waals surface area contributed by atoms with Crippen molar-refractivity contribution in [1.29, 1.82) is 0 Å². The zero-order chi connectivity index (χ0) is 9.41. The Kier molecular flexibility index (Phi) is 2.24. The van der Waals surface area contributed by atoms with Gasteiger partial charge in [-0.1, -0.05) is 19.7 Å². The summed E-state index contributed by atoms with van der Waals surface area (Å²) in [6.45, 7) is 8.95. The summed E-state index contributed by atoms with van der Waals surface area (Å²) in [6.07, 6.45) is 5.21. The van der Waals surface area contributed by atoms with Crippen LogP contribution in [-0.2, 0) is 9.31 Å². The summed E-state index contributed by atoms with van der Waals surface area (Å²) in [4.78, 5) is 0.